The number of aromatic nitrogens is 2. The summed E-state index contributed by atoms with van der Waals surface area (Å²) in [5.74, 6) is 1.76. The van der Waals surface area contributed by atoms with Gasteiger partial charge in [-0.2, -0.15) is 0 Å². The highest BCUT2D eigenvalue weighted by molar-refractivity contribution is 5.46. The number of aromatic amines is 1. The Morgan fingerprint density at radius 2 is 2.06 bits per heavy atom. The molecule has 1 aromatic heterocycles. The maximum absolute atomic E-state index is 5.48. The number of H-pyrrole nitrogens is 1. The Kier molecular flexibility index (Phi) is 4.60. The van der Waals surface area contributed by atoms with Gasteiger partial charge in [-0.15, -0.1) is 0 Å². The van der Waals surface area contributed by atoms with E-state index < -0.39 is 0 Å². The molecule has 0 aliphatic rings. The average molecular weight is 247 g/mol. The number of nitrogens with one attached hydrogen (secondary N) is 2. The molecule has 1 heterocycles. The van der Waals surface area contributed by atoms with Crippen LogP contribution in [0.3, 0.4) is 0 Å². The number of benzene rings is 1. The second-order valence-corrected chi connectivity index (χ2v) is 3.76. The van der Waals surface area contributed by atoms with E-state index in [1.165, 1.54) is 0 Å². The van der Waals surface area contributed by atoms with Gasteiger partial charge in [0.25, 0.3) is 0 Å². The topological polar surface area (TPSA) is 59.2 Å². The number of anilines is 1. The molecule has 5 heteroatoms. The van der Waals surface area contributed by atoms with Gasteiger partial charge in [0.1, 0.15) is 18.2 Å². The monoisotopic (exact) mass is 247 g/mol. The minimum absolute atomic E-state index is 0.565. The summed E-state index contributed by atoms with van der Waals surface area (Å²) in [7, 11) is 1.66. The lowest BCUT2D eigenvalue weighted by atomic mass is 10.3. The van der Waals surface area contributed by atoms with Crippen molar-refractivity contribution in [2.75, 3.05) is 25.6 Å². The largest absolute Gasteiger partial charge is 0.491 e. The molecule has 0 saturated carbocycles. The molecule has 1 aromatic carbocycles. The molecule has 0 radical (unpaired) electrons. The summed E-state index contributed by atoms with van der Waals surface area (Å²) in [6.45, 7) is 1.84. The lowest BCUT2D eigenvalue weighted by Gasteiger charge is -2.07. The Balaban J connectivity index is 1.80. The van der Waals surface area contributed by atoms with Crippen LogP contribution in [0, 0.1) is 0 Å². The molecule has 96 valence electrons. The van der Waals surface area contributed by atoms with Gasteiger partial charge in [-0.25, -0.2) is 4.98 Å². The van der Waals surface area contributed by atoms with Crippen LogP contribution in [0.1, 0.15) is 5.82 Å². The van der Waals surface area contributed by atoms with E-state index in [4.69, 9.17) is 9.47 Å². The summed E-state index contributed by atoms with van der Waals surface area (Å²) in [5.41, 5.74) is 1.03. The Bertz CT molecular complexity index is 440. The molecule has 5 nitrogen and oxygen atoms in total. The highest BCUT2D eigenvalue weighted by Crippen LogP contribution is 2.15. The van der Waals surface area contributed by atoms with E-state index in [2.05, 4.69) is 15.3 Å². The molecule has 2 N–H and O–H groups in total. The summed E-state index contributed by atoms with van der Waals surface area (Å²) in [6.07, 6.45) is 3.55. The van der Waals surface area contributed by atoms with Crippen molar-refractivity contribution >= 4 is 5.69 Å². The fourth-order valence-electron chi connectivity index (χ4n) is 1.49. The van der Waals surface area contributed by atoms with Crippen LogP contribution in [0.15, 0.2) is 36.7 Å². The molecule has 0 atom stereocenters. The number of ether oxygens (including phenoxy) is 2. The number of hydrogen-bond acceptors (Lipinski definition) is 4. The van der Waals surface area contributed by atoms with Crippen LogP contribution in [0.2, 0.25) is 0 Å². The van der Waals surface area contributed by atoms with Crippen LogP contribution in [0.25, 0.3) is 0 Å². The zero-order valence-electron chi connectivity index (χ0n) is 10.3. The van der Waals surface area contributed by atoms with E-state index in [0.29, 0.717) is 19.8 Å². The second kappa shape index (κ2) is 6.66. The van der Waals surface area contributed by atoms with Crippen molar-refractivity contribution in [1.29, 1.82) is 0 Å². The van der Waals surface area contributed by atoms with Crippen molar-refractivity contribution in [2.24, 2.45) is 0 Å². The smallest absolute Gasteiger partial charge is 0.125 e. The molecule has 2 aromatic rings. The predicted octanol–water partition coefficient (Wildman–Crippen LogP) is 2.05. The molecule has 0 fully saturated rings. The lowest BCUT2D eigenvalue weighted by molar-refractivity contribution is 0.146. The van der Waals surface area contributed by atoms with Crippen LogP contribution in [0.4, 0.5) is 5.69 Å². The molecule has 0 spiro atoms. The predicted molar refractivity (Wildman–Crippen MR) is 69.7 cm³/mol. The first-order valence-electron chi connectivity index (χ1n) is 5.82. The molecule has 0 bridgehead atoms. The Morgan fingerprint density at radius 1 is 1.22 bits per heavy atom. The first-order chi connectivity index (χ1) is 8.88. The van der Waals surface area contributed by atoms with Crippen LogP contribution in [-0.4, -0.2) is 30.3 Å². The first-order valence-corrected chi connectivity index (χ1v) is 5.82. The minimum Gasteiger partial charge on any atom is -0.491 e. The SMILES string of the molecule is COCCOc1ccc(NCc2ncc[nH]2)cc1. The van der Waals surface area contributed by atoms with Gasteiger partial charge in [-0.05, 0) is 24.3 Å². The highest BCUT2D eigenvalue weighted by atomic mass is 16.5. The van der Waals surface area contributed by atoms with E-state index >= 15 is 0 Å². The quantitative estimate of drug-likeness (QED) is 0.735. The molecule has 0 aliphatic carbocycles. The third-order valence-electron chi connectivity index (χ3n) is 2.43. The van der Waals surface area contributed by atoms with Gasteiger partial charge in [0.05, 0.1) is 13.2 Å². The minimum atomic E-state index is 0.565. The normalized spacial score (nSPS) is 10.3. The highest BCUT2D eigenvalue weighted by Gasteiger charge is 1.97. The van der Waals surface area contributed by atoms with Gasteiger partial charge in [-0.1, -0.05) is 0 Å². The van der Waals surface area contributed by atoms with E-state index in [0.717, 1.165) is 17.3 Å². The lowest BCUT2D eigenvalue weighted by Crippen LogP contribution is -2.04. The molecule has 0 amide bonds. The Morgan fingerprint density at radius 3 is 2.72 bits per heavy atom. The first kappa shape index (κ1) is 12.4. The standard InChI is InChI=1S/C13H17N3O2/c1-17-8-9-18-12-4-2-11(3-5-12)16-10-13-14-6-7-15-13/h2-7,16H,8-10H2,1H3,(H,14,15). The number of hydrogen-bond donors (Lipinski definition) is 2. The van der Waals surface area contributed by atoms with Crippen LogP contribution >= 0.6 is 0 Å². The third kappa shape index (κ3) is 3.78. The van der Waals surface area contributed by atoms with E-state index in [1.807, 2.05) is 30.5 Å². The van der Waals surface area contributed by atoms with Crippen molar-refractivity contribution in [3.05, 3.63) is 42.5 Å². The second-order valence-electron chi connectivity index (χ2n) is 3.76. The molecule has 0 aliphatic heterocycles. The average Bonchev–Trinajstić information content (AvgIpc) is 2.91. The molecule has 18 heavy (non-hydrogen) atoms. The molecule has 0 saturated heterocycles. The Hall–Kier alpha value is -2.01. The molecular formula is C13H17N3O2. The third-order valence-corrected chi connectivity index (χ3v) is 2.43. The molecule has 2 rings (SSSR count). The summed E-state index contributed by atoms with van der Waals surface area (Å²) < 4.78 is 10.4. The van der Waals surface area contributed by atoms with Gasteiger partial charge >= 0.3 is 0 Å². The summed E-state index contributed by atoms with van der Waals surface area (Å²) in [4.78, 5) is 7.18. The van der Waals surface area contributed by atoms with E-state index in [9.17, 15) is 0 Å². The zero-order valence-corrected chi connectivity index (χ0v) is 10.3. The summed E-state index contributed by atoms with van der Waals surface area (Å²) >= 11 is 0. The summed E-state index contributed by atoms with van der Waals surface area (Å²) in [5, 5.41) is 3.27. The maximum Gasteiger partial charge on any atom is 0.125 e. The molecule has 0 unspecified atom stereocenters. The fourth-order valence-corrected chi connectivity index (χ4v) is 1.49. The number of rotatable bonds is 7. The van der Waals surface area contributed by atoms with Crippen molar-refractivity contribution in [3.8, 4) is 5.75 Å². The van der Waals surface area contributed by atoms with Gasteiger partial charge in [-0.3, -0.25) is 0 Å². The van der Waals surface area contributed by atoms with E-state index in [1.54, 1.807) is 13.3 Å². The van der Waals surface area contributed by atoms with Crippen molar-refractivity contribution in [1.82, 2.24) is 9.97 Å². The van der Waals surface area contributed by atoms with Crippen molar-refractivity contribution in [2.45, 2.75) is 6.54 Å². The zero-order chi connectivity index (χ0) is 12.6. The maximum atomic E-state index is 5.48. The van der Waals surface area contributed by atoms with Crippen molar-refractivity contribution < 1.29 is 9.47 Å². The fraction of sp³-hybridized carbons (Fsp3) is 0.308. The van der Waals surface area contributed by atoms with Crippen LogP contribution in [-0.2, 0) is 11.3 Å². The van der Waals surface area contributed by atoms with Crippen LogP contribution in [0.5, 0.6) is 5.75 Å². The number of nitrogens with zero attached hydrogens (tertiary/aromatic N) is 1. The van der Waals surface area contributed by atoms with Gasteiger partial charge in [0, 0.05) is 25.2 Å². The van der Waals surface area contributed by atoms with Gasteiger partial charge in [0.2, 0.25) is 0 Å². The number of imidazole rings is 1. The van der Waals surface area contributed by atoms with Gasteiger partial charge < -0.3 is 19.8 Å². The Labute approximate surface area is 106 Å². The van der Waals surface area contributed by atoms with Crippen molar-refractivity contribution in [3.63, 3.8) is 0 Å². The van der Waals surface area contributed by atoms with Crippen LogP contribution < -0.4 is 10.1 Å². The molecular weight excluding hydrogens is 230 g/mol. The van der Waals surface area contributed by atoms with E-state index in [-0.39, 0.29) is 0 Å². The number of methoxy groups -OCH3 is 1. The summed E-state index contributed by atoms with van der Waals surface area (Å²) in [6, 6.07) is 7.82. The van der Waals surface area contributed by atoms with Gasteiger partial charge in [0.15, 0.2) is 0 Å².